The average Bonchev–Trinajstić information content (AvgIpc) is 3.82. The molecule has 0 spiro atoms. The predicted molar refractivity (Wildman–Crippen MR) is 284 cm³/mol. The molecule has 20 nitrogen and oxygen atoms in total. The number of carbonyl (C=O) groups is 2. The highest BCUT2D eigenvalue weighted by Crippen LogP contribution is 2.42. The molecule has 0 aliphatic carbocycles. The normalized spacial score (nSPS) is 37.4. The number of aliphatic hydroxyl groups is 4. The lowest BCUT2D eigenvalue weighted by Gasteiger charge is -2.50. The molecule has 1 aromatic carbocycles. The summed E-state index contributed by atoms with van der Waals surface area (Å²) in [5.41, 5.74) is -0.0850. The Morgan fingerprint density at radius 1 is 0.882 bits per heavy atom. The van der Waals surface area contributed by atoms with Crippen molar-refractivity contribution in [2.24, 2.45) is 23.7 Å². The molecule has 430 valence electrons. The van der Waals surface area contributed by atoms with Gasteiger partial charge >= 0.3 is 5.97 Å². The van der Waals surface area contributed by atoms with E-state index >= 15 is 0 Å². The molecule has 3 fully saturated rings. The third-order valence-electron chi connectivity index (χ3n) is 16.2. The minimum atomic E-state index is -1.96. The quantitative estimate of drug-likeness (QED) is 0.135. The molecule has 6 rings (SSSR count). The van der Waals surface area contributed by atoms with Gasteiger partial charge in [0.05, 0.1) is 95.1 Å². The van der Waals surface area contributed by atoms with Crippen LogP contribution in [0, 0.1) is 37.5 Å². The van der Waals surface area contributed by atoms with Crippen LogP contribution in [0.1, 0.15) is 112 Å². The molecule has 1 unspecified atom stereocenters. The maximum atomic E-state index is 14.2. The second kappa shape index (κ2) is 26.0. The van der Waals surface area contributed by atoms with Crippen LogP contribution < -0.4 is 9.47 Å². The topological polar surface area (TPSA) is 260 Å². The van der Waals surface area contributed by atoms with Gasteiger partial charge in [-0.25, -0.2) is 4.98 Å². The number of aliphatic hydroxyl groups excluding tert-OH is 3. The molecule has 3 saturated heterocycles. The Morgan fingerprint density at radius 2 is 1.54 bits per heavy atom. The van der Waals surface area contributed by atoms with Crippen LogP contribution in [0.15, 0.2) is 29.6 Å². The van der Waals surface area contributed by atoms with Crippen molar-refractivity contribution in [2.75, 3.05) is 42.5 Å². The molecule has 0 radical (unpaired) electrons. The monoisotopic (exact) mass is 1090 g/mol. The van der Waals surface area contributed by atoms with Crippen molar-refractivity contribution in [3.8, 4) is 11.5 Å². The minimum absolute atomic E-state index is 0.111. The number of pyridine rings is 1. The maximum Gasteiger partial charge on any atom is 0.311 e. The highest BCUT2D eigenvalue weighted by Gasteiger charge is 2.54. The second-order valence-electron chi connectivity index (χ2n) is 22.1. The number of benzene rings is 1. The molecule has 5 N–H and O–H groups in total. The first-order chi connectivity index (χ1) is 35.5. The Bertz CT molecular complexity index is 2440. The highest BCUT2D eigenvalue weighted by atomic mass is 32.2. The first-order valence-electron chi connectivity index (χ1n) is 26.3. The van der Waals surface area contributed by atoms with Gasteiger partial charge in [0.15, 0.2) is 17.7 Å². The summed E-state index contributed by atoms with van der Waals surface area (Å²) in [7, 11) is 8.67. The summed E-state index contributed by atoms with van der Waals surface area (Å²) < 4.78 is 67.1. The molecule has 3 aliphatic rings. The van der Waals surface area contributed by atoms with E-state index in [1.54, 1.807) is 68.9 Å². The van der Waals surface area contributed by atoms with Crippen molar-refractivity contribution >= 4 is 33.6 Å². The van der Waals surface area contributed by atoms with Crippen molar-refractivity contribution in [1.82, 2.24) is 19.9 Å². The van der Waals surface area contributed by atoms with Gasteiger partial charge in [0.2, 0.25) is 0 Å². The average molecular weight is 1090 g/mol. The number of nitrogens with zero attached hydrogens (tertiary/aromatic N) is 3. The Balaban J connectivity index is 0.000000367. The molecule has 3 aliphatic heterocycles. The lowest BCUT2D eigenvalue weighted by Crippen LogP contribution is -2.61. The fraction of sp³-hybridized carbons (Fsp3) is 0.745. The Labute approximate surface area is 451 Å². The molecular weight excluding hydrogens is 1000 g/mol. The van der Waals surface area contributed by atoms with Crippen molar-refractivity contribution < 1.29 is 76.9 Å². The van der Waals surface area contributed by atoms with E-state index in [9.17, 15) is 34.2 Å². The van der Waals surface area contributed by atoms with E-state index in [2.05, 4.69) is 15.0 Å². The lowest BCUT2D eigenvalue weighted by atomic mass is 9.74. The number of hydrogen-bond acceptors (Lipinski definition) is 19. The van der Waals surface area contributed by atoms with Gasteiger partial charge in [0.25, 0.3) is 0 Å². The molecular formula is C55H88N4O16S. The standard InChI is InChI=1S/C38H69NO13.C17H19N3O3S/c1-15-26-38(10,45)31(42)21(4)28(40)19(2)17-37(9,47-14)33(52-35-29(41)25(39(11)12)16-20(3)48-35)22(5)30(23(6)34(44)50-26)51-27-18-36(8,46-13)32(43)24(7)49-27;1-10-8-18-15(11(2)16(10)23-4)9-24(21)17-19-13-6-5-12(22-3)7-14(13)20-17/h19-27,29-33,35,41-43,45H,15-18H2,1-14H3;5-8H,9H2,1-4H3,(H,19,20)/t19-,20-,21+,22+,23-,24+,25+,26-,27+,29-,30+,31-,32+,33-,35+,36-,37-,38-;/m1./s1. The molecule has 5 heterocycles. The zero-order valence-corrected chi connectivity index (χ0v) is 48.8. The van der Waals surface area contributed by atoms with E-state index < -0.39 is 113 Å². The maximum absolute atomic E-state index is 14.2. The summed E-state index contributed by atoms with van der Waals surface area (Å²) in [4.78, 5) is 42.0. The number of aromatic nitrogens is 3. The molecule has 2 aromatic heterocycles. The molecule has 19 atom stereocenters. The number of Topliss-reactive ketones (excluding diaryl/α,β-unsaturated/α-hetero) is 1. The number of rotatable bonds is 13. The Hall–Kier alpha value is -3.71. The number of nitrogens with one attached hydrogen (secondary N) is 1. The van der Waals surface area contributed by atoms with Crippen LogP contribution in [0.4, 0.5) is 0 Å². The first kappa shape index (κ1) is 63.1. The van der Waals surface area contributed by atoms with E-state index in [-0.39, 0.29) is 42.9 Å². The Morgan fingerprint density at radius 3 is 2.13 bits per heavy atom. The largest absolute Gasteiger partial charge is 0.497 e. The second-order valence-corrected chi connectivity index (χ2v) is 23.5. The van der Waals surface area contributed by atoms with Crippen molar-refractivity contribution in [3.63, 3.8) is 0 Å². The smallest absolute Gasteiger partial charge is 0.311 e. The summed E-state index contributed by atoms with van der Waals surface area (Å²) in [5.74, 6) is -2.68. The number of methoxy groups -OCH3 is 4. The molecule has 76 heavy (non-hydrogen) atoms. The number of ketones is 1. The Kier molecular flexibility index (Phi) is 21.6. The van der Waals surface area contributed by atoms with Crippen LogP contribution in [0.2, 0.25) is 0 Å². The number of aryl methyl sites for hydroxylation is 1. The molecule has 21 heteroatoms. The molecule has 0 amide bonds. The van der Waals surface area contributed by atoms with Gasteiger partial charge in [-0.3, -0.25) is 18.8 Å². The van der Waals surface area contributed by atoms with Crippen LogP contribution >= 0.6 is 0 Å². The zero-order chi connectivity index (χ0) is 56.9. The number of imidazole rings is 1. The van der Waals surface area contributed by atoms with E-state index in [1.165, 1.54) is 21.1 Å². The summed E-state index contributed by atoms with van der Waals surface area (Å²) in [6, 6.07) is 5.21. The van der Waals surface area contributed by atoms with Crippen LogP contribution in [0.5, 0.6) is 11.5 Å². The van der Waals surface area contributed by atoms with Crippen LogP contribution in [0.25, 0.3) is 11.0 Å². The fourth-order valence-electron chi connectivity index (χ4n) is 11.2. The van der Waals surface area contributed by atoms with Gasteiger partial charge in [-0.15, -0.1) is 0 Å². The summed E-state index contributed by atoms with van der Waals surface area (Å²) >= 11 is 0. The third-order valence-corrected chi connectivity index (χ3v) is 17.3. The number of cyclic esters (lactones) is 1. The van der Waals surface area contributed by atoms with Gasteiger partial charge in [-0.05, 0) is 101 Å². The van der Waals surface area contributed by atoms with Gasteiger partial charge in [-0.2, -0.15) is 0 Å². The summed E-state index contributed by atoms with van der Waals surface area (Å²) in [6.07, 6.45) is -6.99. The SMILES string of the molecule is CC[C@H]1OC(=O)[C@H](C)[C@@H](O[C@H]2C[C@@](C)(OC)[C@@H](O)[C@H](C)O2)[C@H](C)[C@@H](O[C@@H]2O[C@H](C)C[C@H](N(C)C)[C@H]2O)[C@](C)(OC)C[C@@H](C)C(=O)[C@H](C)[C@@H](O)[C@]1(C)O.COc1ccc2nc(S(=O)Cc3ncc(C)c(OC)c3C)[nH]c2c1. The van der Waals surface area contributed by atoms with E-state index in [4.69, 9.17) is 42.6 Å². The fourth-order valence-corrected chi connectivity index (χ4v) is 12.3. The van der Waals surface area contributed by atoms with Crippen molar-refractivity contribution in [2.45, 2.75) is 204 Å². The van der Waals surface area contributed by atoms with Gasteiger partial charge < -0.3 is 72.9 Å². The number of aromatic amines is 1. The van der Waals surface area contributed by atoms with Crippen LogP contribution in [-0.4, -0.2) is 183 Å². The number of esters is 1. The summed E-state index contributed by atoms with van der Waals surface area (Å²) in [6.45, 7) is 20.9. The van der Waals surface area contributed by atoms with E-state index in [1.807, 2.05) is 64.9 Å². The summed E-state index contributed by atoms with van der Waals surface area (Å²) in [5, 5.41) is 46.0. The lowest BCUT2D eigenvalue weighted by molar-refractivity contribution is -0.319. The predicted octanol–water partition coefficient (Wildman–Crippen LogP) is 5.34. The highest BCUT2D eigenvalue weighted by molar-refractivity contribution is 7.84. The minimum Gasteiger partial charge on any atom is -0.497 e. The first-order valence-corrected chi connectivity index (χ1v) is 27.6. The number of ether oxygens (including phenoxy) is 9. The zero-order valence-electron chi connectivity index (χ0n) is 47.9. The molecule has 3 aromatic rings. The van der Waals surface area contributed by atoms with Crippen molar-refractivity contribution in [1.29, 1.82) is 0 Å². The van der Waals surface area contributed by atoms with Crippen LogP contribution in [-0.2, 0) is 59.3 Å². The van der Waals surface area contributed by atoms with Gasteiger partial charge in [0, 0.05) is 67.8 Å². The van der Waals surface area contributed by atoms with Crippen molar-refractivity contribution in [3.05, 3.63) is 41.2 Å². The van der Waals surface area contributed by atoms with Gasteiger partial charge in [-0.1, -0.05) is 27.7 Å². The number of fused-ring (bicyclic) bond motifs is 1. The number of hydrogen-bond donors (Lipinski definition) is 5. The molecule has 0 bridgehead atoms. The number of likely N-dealkylation sites (N-methyl/N-ethyl adjacent to an activating group) is 1. The third kappa shape index (κ3) is 13.8. The van der Waals surface area contributed by atoms with E-state index in [0.29, 0.717) is 11.6 Å². The van der Waals surface area contributed by atoms with Crippen LogP contribution in [0.3, 0.4) is 0 Å². The van der Waals surface area contributed by atoms with Gasteiger partial charge in [0.1, 0.15) is 41.2 Å². The number of H-pyrrole nitrogens is 1. The number of carbonyl (C=O) groups excluding carboxylic acids is 2. The van der Waals surface area contributed by atoms with E-state index in [0.717, 1.165) is 39.4 Å². The molecule has 0 saturated carbocycles.